The van der Waals surface area contributed by atoms with Crippen molar-refractivity contribution in [3.63, 3.8) is 0 Å². The number of nitrogens with zero attached hydrogens (tertiary/aromatic N) is 4. The molecule has 1 aromatic carbocycles. The smallest absolute Gasteiger partial charge is 0.269 e. The van der Waals surface area contributed by atoms with Crippen LogP contribution in [0.1, 0.15) is 16.1 Å². The molecule has 0 aliphatic rings. The Morgan fingerprint density at radius 1 is 1.45 bits per heavy atom. The quantitative estimate of drug-likeness (QED) is 0.371. The van der Waals surface area contributed by atoms with E-state index in [1.807, 2.05) is 0 Å². The van der Waals surface area contributed by atoms with Crippen molar-refractivity contribution in [1.82, 2.24) is 4.57 Å². The number of thiazole rings is 1. The molecule has 0 N–H and O–H groups in total. The number of nitro groups is 1. The Balaban J connectivity index is 2.24. The van der Waals surface area contributed by atoms with Crippen LogP contribution < -0.4 is 4.80 Å². The van der Waals surface area contributed by atoms with Gasteiger partial charge in [0.25, 0.3) is 5.69 Å². The number of rotatable bonds is 4. The normalized spacial score (nSPS) is 12.0. The first kappa shape index (κ1) is 16.1. The molecule has 7 nitrogen and oxygen atoms in total. The number of halogens is 1. The highest BCUT2D eigenvalue weighted by Crippen LogP contribution is 2.10. The molecule has 2 rings (SSSR count). The molecule has 0 atom stereocenters. The summed E-state index contributed by atoms with van der Waals surface area (Å²) in [6, 6.07) is 5.89. The molecule has 9 heteroatoms. The first-order valence-electron chi connectivity index (χ1n) is 6.10. The second kappa shape index (κ2) is 7.10. The molecule has 0 fully saturated rings. The summed E-state index contributed by atoms with van der Waals surface area (Å²) in [5, 5.41) is 20.2. The predicted octanol–water partition coefficient (Wildman–Crippen LogP) is 2.58. The van der Waals surface area contributed by atoms with Crippen molar-refractivity contribution in [2.24, 2.45) is 10.2 Å². The number of aromatic nitrogens is 1. The zero-order valence-corrected chi connectivity index (χ0v) is 13.0. The Labute approximate surface area is 134 Å². The van der Waals surface area contributed by atoms with E-state index in [1.54, 1.807) is 24.4 Å². The molecular formula is C13H11ClN4O3S. The van der Waals surface area contributed by atoms with Crippen LogP contribution in [-0.2, 0) is 0 Å². The van der Waals surface area contributed by atoms with Crippen LogP contribution >= 0.6 is 22.9 Å². The van der Waals surface area contributed by atoms with Gasteiger partial charge in [-0.1, -0.05) is 0 Å². The summed E-state index contributed by atoms with van der Waals surface area (Å²) < 4.78 is 1.39. The fourth-order valence-electron chi connectivity index (χ4n) is 1.65. The lowest BCUT2D eigenvalue weighted by Gasteiger charge is -1.99. The molecule has 0 aliphatic carbocycles. The Kier molecular flexibility index (Phi) is 5.18. The van der Waals surface area contributed by atoms with Crippen LogP contribution in [0.25, 0.3) is 0 Å². The minimum absolute atomic E-state index is 0.00789. The van der Waals surface area contributed by atoms with Gasteiger partial charge in [0.1, 0.15) is 5.88 Å². The lowest BCUT2D eigenvalue weighted by molar-refractivity contribution is -0.384. The van der Waals surface area contributed by atoms with Gasteiger partial charge in [0, 0.05) is 23.2 Å². The van der Waals surface area contributed by atoms with Crippen molar-refractivity contribution in [3.8, 4) is 0 Å². The maximum Gasteiger partial charge on any atom is 0.269 e. The Bertz CT molecular complexity index is 792. The summed E-state index contributed by atoms with van der Waals surface area (Å²) in [6.07, 6.45) is 1.45. The minimum Gasteiger partial charge on any atom is -0.273 e. The van der Waals surface area contributed by atoms with Gasteiger partial charge in [-0.3, -0.25) is 19.5 Å². The highest BCUT2D eigenvalue weighted by atomic mass is 35.5. The van der Waals surface area contributed by atoms with E-state index in [0.717, 1.165) is 5.69 Å². The number of carbonyl (C=O) groups excluding carboxylic acids is 1. The van der Waals surface area contributed by atoms with E-state index in [4.69, 9.17) is 11.6 Å². The van der Waals surface area contributed by atoms with E-state index in [2.05, 4.69) is 10.2 Å². The van der Waals surface area contributed by atoms with Crippen LogP contribution in [0.5, 0.6) is 0 Å². The molecule has 0 radical (unpaired) electrons. The standard InChI is InChI=1S/C13H11ClN4O3S/c1-9-8-22-13(17(9)12(19)6-14)16-15-7-10-2-4-11(5-3-10)18(20)21/h2-5,7-8H,6H2,1H3/b15-7+,16-13+. The highest BCUT2D eigenvalue weighted by molar-refractivity contribution is 7.07. The van der Waals surface area contributed by atoms with E-state index in [0.29, 0.717) is 10.4 Å². The Morgan fingerprint density at radius 3 is 2.73 bits per heavy atom. The molecule has 0 spiro atoms. The van der Waals surface area contributed by atoms with Gasteiger partial charge in [0.05, 0.1) is 11.1 Å². The molecule has 1 aromatic heterocycles. The largest absolute Gasteiger partial charge is 0.273 e. The maximum atomic E-state index is 11.7. The van der Waals surface area contributed by atoms with Crippen molar-refractivity contribution in [3.05, 3.63) is 55.8 Å². The number of hydrogen-bond donors (Lipinski definition) is 0. The number of carbonyl (C=O) groups is 1. The number of benzene rings is 1. The van der Waals surface area contributed by atoms with Gasteiger partial charge in [-0.25, -0.2) is 0 Å². The maximum absolute atomic E-state index is 11.7. The van der Waals surface area contributed by atoms with Gasteiger partial charge in [-0.15, -0.1) is 28.0 Å². The topological polar surface area (TPSA) is 89.9 Å². The number of alkyl halides is 1. The number of non-ortho nitro benzene ring substituents is 1. The summed E-state index contributed by atoms with van der Waals surface area (Å²) in [7, 11) is 0. The van der Waals surface area contributed by atoms with E-state index < -0.39 is 4.92 Å². The third kappa shape index (κ3) is 3.66. The summed E-state index contributed by atoms with van der Waals surface area (Å²) in [5.41, 5.74) is 1.41. The van der Waals surface area contributed by atoms with Gasteiger partial charge in [-0.05, 0) is 24.6 Å². The average Bonchev–Trinajstić information content (AvgIpc) is 2.88. The molecule has 0 amide bonds. The van der Waals surface area contributed by atoms with Crippen LogP contribution in [0.15, 0.2) is 39.8 Å². The highest BCUT2D eigenvalue weighted by Gasteiger charge is 2.08. The second-order valence-corrected chi connectivity index (χ2v) is 5.32. The molecular weight excluding hydrogens is 328 g/mol. The fourth-order valence-corrected chi connectivity index (χ4v) is 2.60. The first-order chi connectivity index (χ1) is 10.5. The second-order valence-electron chi connectivity index (χ2n) is 4.22. The van der Waals surface area contributed by atoms with Gasteiger partial charge in [-0.2, -0.15) is 5.10 Å². The molecule has 0 unspecified atom stereocenters. The van der Waals surface area contributed by atoms with Crippen LogP contribution in [-0.4, -0.2) is 27.5 Å². The fraction of sp³-hybridized carbons (Fsp3) is 0.154. The van der Waals surface area contributed by atoms with E-state index in [9.17, 15) is 14.9 Å². The van der Waals surface area contributed by atoms with Gasteiger partial charge in [0.2, 0.25) is 10.7 Å². The lowest BCUT2D eigenvalue weighted by atomic mass is 10.2. The van der Waals surface area contributed by atoms with Gasteiger partial charge >= 0.3 is 0 Å². The van der Waals surface area contributed by atoms with Crippen molar-refractivity contribution >= 4 is 40.7 Å². The molecule has 0 bridgehead atoms. The van der Waals surface area contributed by atoms with Crippen molar-refractivity contribution in [2.45, 2.75) is 6.92 Å². The predicted molar refractivity (Wildman–Crippen MR) is 84.6 cm³/mol. The monoisotopic (exact) mass is 338 g/mol. The van der Waals surface area contributed by atoms with E-state index in [1.165, 1.54) is 34.3 Å². The summed E-state index contributed by atoms with van der Waals surface area (Å²) >= 11 is 6.83. The molecule has 2 aromatic rings. The molecule has 0 saturated heterocycles. The van der Waals surface area contributed by atoms with Crippen LogP contribution in [0, 0.1) is 17.0 Å². The van der Waals surface area contributed by atoms with Gasteiger partial charge < -0.3 is 0 Å². The molecule has 22 heavy (non-hydrogen) atoms. The third-order valence-electron chi connectivity index (χ3n) is 2.70. The zero-order valence-electron chi connectivity index (χ0n) is 11.5. The Morgan fingerprint density at radius 2 is 2.14 bits per heavy atom. The Hall–Kier alpha value is -2.32. The first-order valence-corrected chi connectivity index (χ1v) is 7.52. The third-order valence-corrected chi connectivity index (χ3v) is 3.86. The number of aryl methyl sites for hydroxylation is 1. The van der Waals surface area contributed by atoms with Gasteiger partial charge in [0.15, 0.2) is 0 Å². The lowest BCUT2D eigenvalue weighted by Crippen LogP contribution is -2.24. The van der Waals surface area contributed by atoms with Crippen molar-refractivity contribution < 1.29 is 9.72 Å². The minimum atomic E-state index is -0.472. The number of hydrogen-bond acceptors (Lipinski definition) is 6. The molecule has 0 saturated carbocycles. The van der Waals surface area contributed by atoms with E-state index in [-0.39, 0.29) is 17.5 Å². The average molecular weight is 339 g/mol. The van der Waals surface area contributed by atoms with E-state index >= 15 is 0 Å². The van der Waals surface area contributed by atoms with Crippen LogP contribution in [0.2, 0.25) is 0 Å². The molecule has 0 aliphatic heterocycles. The van der Waals surface area contributed by atoms with Crippen molar-refractivity contribution in [1.29, 1.82) is 0 Å². The summed E-state index contributed by atoms with van der Waals surface area (Å²) in [5.74, 6) is -0.415. The van der Waals surface area contributed by atoms with Crippen LogP contribution in [0.3, 0.4) is 0 Å². The summed E-state index contributed by atoms with van der Waals surface area (Å²) in [6.45, 7) is 1.78. The summed E-state index contributed by atoms with van der Waals surface area (Å²) in [4.78, 5) is 22.2. The number of nitro benzene ring substituents is 1. The van der Waals surface area contributed by atoms with Crippen LogP contribution in [0.4, 0.5) is 5.69 Å². The molecule has 1 heterocycles. The zero-order chi connectivity index (χ0) is 16.1. The molecule has 114 valence electrons. The SMILES string of the molecule is Cc1cs/c(=N/N=C/c2ccc([N+](=O)[O-])cc2)n1C(=O)CCl. The van der Waals surface area contributed by atoms with Crippen molar-refractivity contribution in [2.75, 3.05) is 5.88 Å².